The largest absolute Gasteiger partial charge is 0.472 e. The minimum Gasteiger partial charge on any atom is -0.472 e. The number of carbonyl (C=O) groups excluding carboxylic acids is 1. The molecule has 0 radical (unpaired) electrons. The molecular formula is C17H24N4O3. The van der Waals surface area contributed by atoms with E-state index in [9.17, 15) is 4.79 Å². The molecule has 24 heavy (non-hydrogen) atoms. The molecule has 2 aromatic heterocycles. The van der Waals surface area contributed by atoms with Gasteiger partial charge in [0.2, 0.25) is 5.89 Å². The van der Waals surface area contributed by atoms with E-state index in [1.807, 2.05) is 0 Å². The van der Waals surface area contributed by atoms with Crippen LogP contribution in [0.5, 0.6) is 0 Å². The molecule has 0 bridgehead atoms. The third-order valence-electron chi connectivity index (χ3n) is 4.74. The average Bonchev–Trinajstić information content (AvgIpc) is 3.33. The van der Waals surface area contributed by atoms with Gasteiger partial charge in [0.15, 0.2) is 5.82 Å². The van der Waals surface area contributed by atoms with Crippen molar-refractivity contribution in [1.82, 2.24) is 20.4 Å². The average molecular weight is 332 g/mol. The van der Waals surface area contributed by atoms with Crippen LogP contribution in [-0.4, -0.2) is 34.0 Å². The Morgan fingerprint density at radius 1 is 1.33 bits per heavy atom. The van der Waals surface area contributed by atoms with E-state index >= 15 is 0 Å². The predicted molar refractivity (Wildman–Crippen MR) is 87.2 cm³/mol. The zero-order chi connectivity index (χ0) is 17.0. The molecule has 1 fully saturated rings. The van der Waals surface area contributed by atoms with Gasteiger partial charge in [0.25, 0.3) is 5.91 Å². The van der Waals surface area contributed by atoms with E-state index in [4.69, 9.17) is 8.94 Å². The molecule has 130 valence electrons. The first-order valence-corrected chi connectivity index (χ1v) is 8.57. The standard InChI is InChI=1S/C17H24N4O3/c1-3-21(4-2)11-14-18-16(20-24-14)17(8-5-6-9-17)19-15(22)13-7-10-23-12-13/h7,10,12H,3-6,8-9,11H2,1-2H3,(H,19,22). The van der Waals surface area contributed by atoms with Gasteiger partial charge in [0.1, 0.15) is 11.8 Å². The van der Waals surface area contributed by atoms with Crippen molar-refractivity contribution in [3.8, 4) is 0 Å². The molecule has 2 heterocycles. The van der Waals surface area contributed by atoms with Crippen LogP contribution in [0, 0.1) is 0 Å². The highest BCUT2D eigenvalue weighted by atomic mass is 16.5. The lowest BCUT2D eigenvalue weighted by molar-refractivity contribution is 0.0891. The Bertz CT molecular complexity index is 655. The van der Waals surface area contributed by atoms with Crippen molar-refractivity contribution in [1.29, 1.82) is 0 Å². The van der Waals surface area contributed by atoms with Gasteiger partial charge in [-0.1, -0.05) is 31.8 Å². The number of amides is 1. The zero-order valence-electron chi connectivity index (χ0n) is 14.2. The molecule has 1 N–H and O–H groups in total. The summed E-state index contributed by atoms with van der Waals surface area (Å²) in [4.78, 5) is 19.2. The Labute approximate surface area is 141 Å². The van der Waals surface area contributed by atoms with Crippen molar-refractivity contribution in [2.75, 3.05) is 13.1 Å². The van der Waals surface area contributed by atoms with Crippen LogP contribution in [0.3, 0.4) is 0 Å². The molecule has 0 spiro atoms. The molecule has 1 aliphatic rings. The fraction of sp³-hybridized carbons (Fsp3) is 0.588. The molecule has 2 aromatic rings. The fourth-order valence-electron chi connectivity index (χ4n) is 3.22. The van der Waals surface area contributed by atoms with Gasteiger partial charge in [0.05, 0.1) is 18.4 Å². The topological polar surface area (TPSA) is 84.4 Å². The Balaban J connectivity index is 1.78. The summed E-state index contributed by atoms with van der Waals surface area (Å²) >= 11 is 0. The molecule has 1 aliphatic carbocycles. The van der Waals surface area contributed by atoms with Crippen molar-refractivity contribution >= 4 is 5.91 Å². The lowest BCUT2D eigenvalue weighted by atomic mass is 9.96. The van der Waals surface area contributed by atoms with Crippen LogP contribution >= 0.6 is 0 Å². The lowest BCUT2D eigenvalue weighted by Crippen LogP contribution is -2.44. The van der Waals surface area contributed by atoms with E-state index in [1.165, 1.54) is 12.5 Å². The summed E-state index contributed by atoms with van der Waals surface area (Å²) in [7, 11) is 0. The van der Waals surface area contributed by atoms with Crippen LogP contribution in [0.15, 0.2) is 27.5 Å². The minimum atomic E-state index is -0.542. The van der Waals surface area contributed by atoms with Gasteiger partial charge in [-0.25, -0.2) is 0 Å². The number of hydrogen-bond acceptors (Lipinski definition) is 6. The molecule has 1 amide bonds. The quantitative estimate of drug-likeness (QED) is 0.839. The van der Waals surface area contributed by atoms with Crippen molar-refractivity contribution < 1.29 is 13.7 Å². The zero-order valence-corrected chi connectivity index (χ0v) is 14.2. The normalized spacial score (nSPS) is 16.6. The molecule has 0 aliphatic heterocycles. The highest BCUT2D eigenvalue weighted by molar-refractivity contribution is 5.94. The summed E-state index contributed by atoms with van der Waals surface area (Å²) in [6.07, 6.45) is 6.64. The monoisotopic (exact) mass is 332 g/mol. The number of nitrogens with zero attached hydrogens (tertiary/aromatic N) is 3. The van der Waals surface area contributed by atoms with Crippen molar-refractivity contribution in [3.63, 3.8) is 0 Å². The minimum absolute atomic E-state index is 0.166. The van der Waals surface area contributed by atoms with Crippen LogP contribution in [0.25, 0.3) is 0 Å². The number of carbonyl (C=O) groups is 1. The van der Waals surface area contributed by atoms with E-state index in [0.717, 1.165) is 38.8 Å². The molecule has 7 heteroatoms. The van der Waals surface area contributed by atoms with E-state index in [-0.39, 0.29) is 5.91 Å². The smallest absolute Gasteiger partial charge is 0.255 e. The molecule has 3 rings (SSSR count). The first kappa shape index (κ1) is 16.7. The maximum Gasteiger partial charge on any atom is 0.255 e. The van der Waals surface area contributed by atoms with Crippen LogP contribution in [0.2, 0.25) is 0 Å². The summed E-state index contributed by atoms with van der Waals surface area (Å²) in [5.41, 5.74) is -0.0348. The molecule has 1 saturated carbocycles. The van der Waals surface area contributed by atoms with Gasteiger partial charge in [-0.05, 0) is 32.0 Å². The summed E-state index contributed by atoms with van der Waals surface area (Å²) in [5, 5.41) is 7.28. The number of rotatable bonds is 7. The van der Waals surface area contributed by atoms with E-state index in [0.29, 0.717) is 23.8 Å². The second-order valence-electron chi connectivity index (χ2n) is 6.23. The van der Waals surface area contributed by atoms with Crippen molar-refractivity contribution in [2.24, 2.45) is 0 Å². The number of hydrogen-bond donors (Lipinski definition) is 1. The number of nitrogens with one attached hydrogen (secondary N) is 1. The molecule has 0 unspecified atom stereocenters. The van der Waals surface area contributed by atoms with Crippen LogP contribution in [0.1, 0.15) is 61.6 Å². The molecule has 0 saturated heterocycles. The first-order chi connectivity index (χ1) is 11.7. The second-order valence-corrected chi connectivity index (χ2v) is 6.23. The van der Waals surface area contributed by atoms with Crippen LogP contribution in [0.4, 0.5) is 0 Å². The van der Waals surface area contributed by atoms with Gasteiger partial charge in [-0.15, -0.1) is 0 Å². The summed E-state index contributed by atoms with van der Waals surface area (Å²) in [5.74, 6) is 1.01. The summed E-state index contributed by atoms with van der Waals surface area (Å²) in [6, 6.07) is 1.65. The Morgan fingerprint density at radius 2 is 2.08 bits per heavy atom. The van der Waals surface area contributed by atoms with Crippen molar-refractivity contribution in [3.05, 3.63) is 35.9 Å². The Hall–Kier alpha value is -2.15. The third kappa shape index (κ3) is 3.36. The van der Waals surface area contributed by atoms with E-state index < -0.39 is 5.54 Å². The third-order valence-corrected chi connectivity index (χ3v) is 4.74. The Morgan fingerprint density at radius 3 is 2.71 bits per heavy atom. The second kappa shape index (κ2) is 7.17. The fourth-order valence-corrected chi connectivity index (χ4v) is 3.22. The van der Waals surface area contributed by atoms with Crippen LogP contribution < -0.4 is 5.32 Å². The van der Waals surface area contributed by atoms with Crippen molar-refractivity contribution in [2.45, 2.75) is 51.6 Å². The maximum absolute atomic E-state index is 12.5. The number of aromatic nitrogens is 2. The molecular weight excluding hydrogens is 308 g/mol. The molecule has 7 nitrogen and oxygen atoms in total. The van der Waals surface area contributed by atoms with E-state index in [1.54, 1.807) is 6.07 Å². The Kier molecular flexibility index (Phi) is 4.99. The van der Waals surface area contributed by atoms with E-state index in [2.05, 4.69) is 34.2 Å². The lowest BCUT2D eigenvalue weighted by Gasteiger charge is -2.26. The highest BCUT2D eigenvalue weighted by Gasteiger charge is 2.41. The molecule has 0 atom stereocenters. The predicted octanol–water partition coefficient (Wildman–Crippen LogP) is 2.70. The summed E-state index contributed by atoms with van der Waals surface area (Å²) in [6.45, 7) is 6.69. The van der Waals surface area contributed by atoms with Crippen LogP contribution in [-0.2, 0) is 12.1 Å². The number of furan rings is 1. The summed E-state index contributed by atoms with van der Waals surface area (Å²) < 4.78 is 10.4. The maximum atomic E-state index is 12.5. The van der Waals surface area contributed by atoms with Gasteiger partial charge >= 0.3 is 0 Å². The SMILES string of the molecule is CCN(CC)Cc1nc(C2(NC(=O)c3ccoc3)CCCC2)no1. The van der Waals surface area contributed by atoms with Gasteiger partial charge < -0.3 is 14.3 Å². The highest BCUT2D eigenvalue weighted by Crippen LogP contribution is 2.37. The van der Waals surface area contributed by atoms with Gasteiger partial charge in [-0.3, -0.25) is 9.69 Å². The van der Waals surface area contributed by atoms with Gasteiger partial charge in [-0.2, -0.15) is 4.98 Å². The first-order valence-electron chi connectivity index (χ1n) is 8.57. The molecule has 0 aromatic carbocycles. The van der Waals surface area contributed by atoms with Gasteiger partial charge in [0, 0.05) is 0 Å².